The molecule has 0 spiro atoms. The number of nitrogens with zero attached hydrogens (tertiary/aromatic N) is 2. The number of aliphatic imine (C=N–C) groups is 1. The first-order valence-corrected chi connectivity index (χ1v) is 14.2. The summed E-state index contributed by atoms with van der Waals surface area (Å²) in [6.45, 7) is 15.5. The van der Waals surface area contributed by atoms with Crippen LogP contribution in [0.15, 0.2) is 41.4 Å². The van der Waals surface area contributed by atoms with Crippen LogP contribution in [0.3, 0.4) is 0 Å². The van der Waals surface area contributed by atoms with E-state index in [0.717, 1.165) is 29.4 Å². The van der Waals surface area contributed by atoms with E-state index in [2.05, 4.69) is 26.3 Å². The number of nitrogens with one attached hydrogen (secondary N) is 4. The number of benzene rings is 2. The van der Waals surface area contributed by atoms with Crippen LogP contribution in [0.4, 0.5) is 25.8 Å². The van der Waals surface area contributed by atoms with Crippen LogP contribution in [0.2, 0.25) is 0 Å². The third-order valence-corrected chi connectivity index (χ3v) is 5.49. The van der Waals surface area contributed by atoms with Crippen molar-refractivity contribution in [1.29, 1.82) is 5.26 Å². The van der Waals surface area contributed by atoms with Gasteiger partial charge in [-0.2, -0.15) is 0 Å². The number of rotatable bonds is 5. The summed E-state index contributed by atoms with van der Waals surface area (Å²) >= 11 is 0. The summed E-state index contributed by atoms with van der Waals surface area (Å²) in [4.78, 5) is 41.7. The van der Waals surface area contributed by atoms with Gasteiger partial charge in [0.25, 0.3) is 0 Å². The average Bonchev–Trinajstić information content (AvgIpc) is 3.20. The van der Waals surface area contributed by atoms with E-state index in [1.165, 1.54) is 6.26 Å². The topological polar surface area (TPSA) is 172 Å². The van der Waals surface area contributed by atoms with Crippen molar-refractivity contribution in [3.8, 4) is 17.4 Å². The molecule has 4 N–H and O–H groups in total. The molecule has 0 fully saturated rings. The summed E-state index contributed by atoms with van der Waals surface area (Å²) in [6.07, 6.45) is -0.199. The Hall–Kier alpha value is -5.06. The Labute approximate surface area is 263 Å². The number of amides is 3. The summed E-state index contributed by atoms with van der Waals surface area (Å²) in [5, 5.41) is 19.4. The van der Waals surface area contributed by atoms with Crippen molar-refractivity contribution in [1.82, 2.24) is 16.0 Å². The monoisotopic (exact) mass is 618 g/mol. The summed E-state index contributed by atoms with van der Waals surface area (Å²) in [6, 6.07) is 11.2. The zero-order valence-electron chi connectivity index (χ0n) is 27.0. The van der Waals surface area contributed by atoms with E-state index in [1.54, 1.807) is 68.4 Å². The minimum atomic E-state index is -0.791. The molecule has 0 heterocycles. The molecule has 0 bridgehead atoms. The minimum absolute atomic E-state index is 0.111. The first-order chi connectivity index (χ1) is 20.8. The maximum atomic E-state index is 12.5. The Morgan fingerprint density at radius 2 is 1.24 bits per heavy atom. The molecule has 0 saturated carbocycles. The van der Waals surface area contributed by atoms with Crippen molar-refractivity contribution in [2.75, 3.05) is 5.32 Å². The number of alkyl carbamates (subject to hydrolysis) is 3. The van der Waals surface area contributed by atoms with Crippen LogP contribution in [-0.2, 0) is 25.3 Å². The number of nitriles is 1. The second-order valence-corrected chi connectivity index (χ2v) is 13.1. The Balaban J connectivity index is 1.82. The van der Waals surface area contributed by atoms with Gasteiger partial charge in [-0.1, -0.05) is 0 Å². The van der Waals surface area contributed by atoms with Gasteiger partial charge in [0, 0.05) is 0 Å². The summed E-state index contributed by atoms with van der Waals surface area (Å²) in [5.74, 6) is -0.156. The van der Waals surface area contributed by atoms with Crippen LogP contribution in [0.25, 0.3) is 11.1 Å². The van der Waals surface area contributed by atoms with Crippen LogP contribution < -0.4 is 21.3 Å². The number of guanidine groups is 1. The predicted octanol–water partition coefficient (Wildman–Crippen LogP) is 5.44. The Morgan fingerprint density at radius 1 is 0.756 bits per heavy atom. The molecule has 1 aliphatic carbocycles. The van der Waals surface area contributed by atoms with Gasteiger partial charge in [-0.05, 0) is 41.5 Å². The molecule has 0 atom stereocenters. The number of anilines is 1. The van der Waals surface area contributed by atoms with Crippen molar-refractivity contribution >= 4 is 48.4 Å². The van der Waals surface area contributed by atoms with Gasteiger partial charge in [-0.25, -0.2) is 9.59 Å². The van der Waals surface area contributed by atoms with E-state index < -0.39 is 35.1 Å². The van der Waals surface area contributed by atoms with Crippen LogP contribution in [0.1, 0.15) is 73.4 Å². The molecule has 3 amide bonds. The van der Waals surface area contributed by atoms with Gasteiger partial charge in [0.15, 0.2) is 0 Å². The van der Waals surface area contributed by atoms with Gasteiger partial charge in [-0.15, -0.1) is 0 Å². The molecule has 3 rings (SSSR count). The molecule has 0 saturated heterocycles. The number of carbonyl (C=O) groups excluding carboxylic acids is 3. The van der Waals surface area contributed by atoms with E-state index in [4.69, 9.17) is 24.1 Å². The van der Waals surface area contributed by atoms with Gasteiger partial charge in [0.05, 0.1) is 0 Å². The average molecular weight is 619 g/mol. The molecular weight excluding hydrogens is 579 g/mol. The normalized spacial score (nSPS) is 12.2. The molecule has 0 aliphatic heterocycles. The van der Waals surface area contributed by atoms with Crippen molar-refractivity contribution in [2.45, 2.75) is 85.5 Å². The van der Waals surface area contributed by atoms with Crippen LogP contribution in [0, 0.1) is 11.5 Å². The Bertz CT molecular complexity index is 1530. The quantitative estimate of drug-likeness (QED) is 0.0956. The Kier molecular flexibility index (Phi) is 10.5. The molecule has 0 radical (unpaired) electrons. The van der Waals surface area contributed by atoms with Crippen molar-refractivity contribution in [3.63, 3.8) is 0 Å². The second-order valence-electron chi connectivity index (χ2n) is 13.1. The number of ether oxygens (including phenoxy) is 3. The van der Waals surface area contributed by atoms with Gasteiger partial charge in [-0.3, -0.25) is 0 Å². The summed E-state index contributed by atoms with van der Waals surface area (Å²) in [5.41, 5.74) is 2.93. The fourth-order valence-electron chi connectivity index (χ4n) is 4.11. The fraction of sp³-hybridized carbons (Fsp3) is 0.419. The number of hydrogen-bond acceptors (Lipinski definition) is 10. The van der Waals surface area contributed by atoms with Crippen LogP contribution >= 0.6 is 0 Å². The third kappa shape index (κ3) is 11.5. The molecule has 0 unspecified atom stereocenters. The summed E-state index contributed by atoms with van der Waals surface area (Å²) in [7, 11) is 1.07. The molecule has 45 heavy (non-hydrogen) atoms. The van der Waals surface area contributed by atoms with Gasteiger partial charge >= 0.3 is 192 Å². The standard InChI is InChI=1S/C31H39BN6O7/c1-29(2,3)43-26(39)36-24(32-42-17-33)34-20-10-12-22-18(15-20)14-19-16-21(11-13-23(19)22)35-25(37-27(40)44-30(4,5)6)38-28(41)45-31(7,8)9/h10-13,15-16,34H,14H2,1-9H3,(H,36,39)(H2,35,37,38,40,41). The number of hydrogen-bond donors (Lipinski definition) is 4. The van der Waals surface area contributed by atoms with Gasteiger partial charge in [0.2, 0.25) is 0 Å². The molecule has 0 aromatic heterocycles. The Morgan fingerprint density at radius 3 is 1.76 bits per heavy atom. The van der Waals surface area contributed by atoms with Crippen molar-refractivity contribution in [3.05, 3.63) is 47.5 Å². The van der Waals surface area contributed by atoms with Crippen molar-refractivity contribution in [2.24, 2.45) is 4.99 Å². The molecular formula is C31H39BN6O7. The van der Waals surface area contributed by atoms with E-state index in [1.807, 2.05) is 30.3 Å². The van der Waals surface area contributed by atoms with E-state index >= 15 is 0 Å². The molecule has 1 aliphatic rings. The summed E-state index contributed by atoms with van der Waals surface area (Å²) < 4.78 is 20.6. The zero-order chi connectivity index (χ0) is 33.6. The second kappa shape index (κ2) is 13.7. The fourth-order valence-corrected chi connectivity index (χ4v) is 4.11. The van der Waals surface area contributed by atoms with Crippen LogP contribution in [-0.4, -0.2) is 53.9 Å². The SMILES string of the molecule is CC(C)(C)OC(=O)NC(=BOC#N)Nc1ccc2c(c1)Cc1cc(N=C(NC(=O)OC(C)(C)C)NC(=O)OC(C)(C)C)ccc1-2. The van der Waals surface area contributed by atoms with Gasteiger partial charge < -0.3 is 9.47 Å². The maximum absolute atomic E-state index is 12.5. The third-order valence-electron chi connectivity index (χ3n) is 5.49. The molecule has 2 aromatic rings. The van der Waals surface area contributed by atoms with Crippen LogP contribution in [0.5, 0.6) is 0 Å². The zero-order valence-corrected chi connectivity index (χ0v) is 27.0. The van der Waals surface area contributed by atoms with E-state index in [9.17, 15) is 14.4 Å². The van der Waals surface area contributed by atoms with E-state index in [-0.39, 0.29) is 11.7 Å². The number of carbonyl (C=O) groups is 3. The van der Waals surface area contributed by atoms with Crippen molar-refractivity contribution < 1.29 is 33.2 Å². The number of fused-ring (bicyclic) bond motifs is 3. The molecule has 2 aromatic carbocycles. The predicted molar refractivity (Wildman–Crippen MR) is 171 cm³/mol. The molecule has 13 nitrogen and oxygen atoms in total. The molecule has 14 heteroatoms. The first-order valence-electron chi connectivity index (χ1n) is 14.2. The molecule has 238 valence electrons. The van der Waals surface area contributed by atoms with E-state index in [0.29, 0.717) is 17.8 Å². The first kappa shape index (κ1) is 34.4. The van der Waals surface area contributed by atoms with Gasteiger partial charge in [0.1, 0.15) is 11.2 Å².